The van der Waals surface area contributed by atoms with Gasteiger partial charge in [-0.2, -0.15) is 0 Å². The Bertz CT molecular complexity index is 1160. The van der Waals surface area contributed by atoms with E-state index in [4.69, 9.17) is 9.57 Å². The molecule has 0 saturated carbocycles. The molecule has 0 aromatic heterocycles. The van der Waals surface area contributed by atoms with Crippen molar-refractivity contribution in [1.29, 1.82) is 0 Å². The van der Waals surface area contributed by atoms with Crippen LogP contribution >= 0.6 is 0 Å². The first-order valence-electron chi connectivity index (χ1n) is 10.8. The van der Waals surface area contributed by atoms with Crippen LogP contribution in [0.5, 0.6) is 0 Å². The molecule has 0 saturated heterocycles. The lowest BCUT2D eigenvalue weighted by atomic mass is 9.98. The number of nitrogens with zero attached hydrogens (tertiary/aromatic N) is 1. The number of hydrogen-bond donors (Lipinski definition) is 1. The van der Waals surface area contributed by atoms with Crippen molar-refractivity contribution in [1.82, 2.24) is 10.4 Å². The van der Waals surface area contributed by atoms with Gasteiger partial charge in [0.2, 0.25) is 0 Å². The monoisotopic (exact) mass is 442 g/mol. The molecule has 1 aliphatic heterocycles. The van der Waals surface area contributed by atoms with E-state index < -0.39 is 17.9 Å². The van der Waals surface area contributed by atoms with Crippen LogP contribution in [0.1, 0.15) is 44.2 Å². The van der Waals surface area contributed by atoms with Crippen molar-refractivity contribution in [2.75, 3.05) is 19.8 Å². The molecule has 2 aliphatic rings. The third-order valence-electron chi connectivity index (χ3n) is 5.91. The predicted molar refractivity (Wildman–Crippen MR) is 121 cm³/mol. The number of imide groups is 1. The number of ether oxygens (including phenoxy) is 1. The molecule has 7 heteroatoms. The van der Waals surface area contributed by atoms with Gasteiger partial charge in [0, 0.05) is 12.5 Å². The summed E-state index contributed by atoms with van der Waals surface area (Å²) in [4.78, 5) is 42.1. The standard InChI is InChI=1S/C26H22N2O5/c29-24-21-12-5-6-13-22(21)25(30)28(24)33-15-7-14-27-26(31)32-16-23-19-10-3-1-8-17(19)18-9-2-4-11-20(18)23/h1-6,8-13,23H,7,14-16H2,(H,27,31). The summed E-state index contributed by atoms with van der Waals surface area (Å²) >= 11 is 0. The van der Waals surface area contributed by atoms with Crippen molar-refractivity contribution in [2.24, 2.45) is 0 Å². The van der Waals surface area contributed by atoms with Gasteiger partial charge in [0.15, 0.2) is 0 Å². The van der Waals surface area contributed by atoms with Crippen LogP contribution in [0.4, 0.5) is 4.79 Å². The average molecular weight is 442 g/mol. The van der Waals surface area contributed by atoms with Gasteiger partial charge in [0.05, 0.1) is 17.7 Å². The second-order valence-electron chi connectivity index (χ2n) is 7.89. The minimum Gasteiger partial charge on any atom is -0.449 e. The van der Waals surface area contributed by atoms with Gasteiger partial charge in [-0.15, -0.1) is 5.06 Å². The summed E-state index contributed by atoms with van der Waals surface area (Å²) in [6.45, 7) is 0.639. The third kappa shape index (κ3) is 3.87. The second-order valence-corrected chi connectivity index (χ2v) is 7.89. The van der Waals surface area contributed by atoms with Crippen LogP contribution < -0.4 is 5.32 Å². The van der Waals surface area contributed by atoms with Crippen LogP contribution in [0.3, 0.4) is 0 Å². The minimum atomic E-state index is -0.516. The van der Waals surface area contributed by atoms with E-state index in [1.807, 2.05) is 24.3 Å². The van der Waals surface area contributed by atoms with Gasteiger partial charge >= 0.3 is 6.09 Å². The molecule has 0 radical (unpaired) electrons. The smallest absolute Gasteiger partial charge is 0.407 e. The molecular formula is C26H22N2O5. The molecule has 3 amide bonds. The van der Waals surface area contributed by atoms with E-state index in [2.05, 4.69) is 29.6 Å². The number of alkyl carbamates (subject to hydrolysis) is 1. The van der Waals surface area contributed by atoms with Crippen LogP contribution in [-0.2, 0) is 9.57 Å². The Hall–Kier alpha value is -3.97. The largest absolute Gasteiger partial charge is 0.449 e. The molecule has 3 aromatic rings. The van der Waals surface area contributed by atoms with E-state index >= 15 is 0 Å². The number of carbonyl (C=O) groups excluding carboxylic acids is 3. The Morgan fingerprint density at radius 3 is 1.88 bits per heavy atom. The lowest BCUT2D eigenvalue weighted by Gasteiger charge is -2.15. The fourth-order valence-corrected chi connectivity index (χ4v) is 4.35. The Morgan fingerprint density at radius 1 is 0.788 bits per heavy atom. The zero-order valence-electron chi connectivity index (χ0n) is 17.8. The van der Waals surface area contributed by atoms with Gasteiger partial charge in [-0.25, -0.2) is 4.79 Å². The van der Waals surface area contributed by atoms with Gasteiger partial charge in [-0.3, -0.25) is 14.4 Å². The fraction of sp³-hybridized carbons (Fsp3) is 0.192. The van der Waals surface area contributed by atoms with E-state index in [1.54, 1.807) is 24.3 Å². The van der Waals surface area contributed by atoms with E-state index in [9.17, 15) is 14.4 Å². The summed E-state index contributed by atoms with van der Waals surface area (Å²) < 4.78 is 5.49. The molecular weight excluding hydrogens is 420 g/mol. The normalized spacial score (nSPS) is 14.1. The summed E-state index contributed by atoms with van der Waals surface area (Å²) in [6, 6.07) is 22.9. The Labute approximate surface area is 190 Å². The summed E-state index contributed by atoms with van der Waals surface area (Å²) in [5, 5.41) is 3.47. The number of hydroxylamine groups is 2. The topological polar surface area (TPSA) is 84.9 Å². The average Bonchev–Trinajstić information content (AvgIpc) is 3.30. The number of rotatable bonds is 7. The van der Waals surface area contributed by atoms with Crippen molar-refractivity contribution in [3.63, 3.8) is 0 Å². The second kappa shape index (κ2) is 8.88. The SMILES string of the molecule is O=C(NCCCON1C(=O)c2ccccc2C1=O)OCC1c2ccccc2-c2ccccc21. The number of hydrogen-bond acceptors (Lipinski definition) is 5. The number of benzene rings is 3. The molecule has 33 heavy (non-hydrogen) atoms. The van der Waals surface area contributed by atoms with E-state index in [-0.39, 0.29) is 19.1 Å². The van der Waals surface area contributed by atoms with Crippen LogP contribution in [0.15, 0.2) is 72.8 Å². The molecule has 1 N–H and O–H groups in total. The summed E-state index contributed by atoms with van der Waals surface area (Å²) in [5.41, 5.74) is 5.32. The number of amides is 3. The minimum absolute atomic E-state index is 0.000284. The molecule has 0 fully saturated rings. The van der Waals surface area contributed by atoms with Crippen molar-refractivity contribution in [2.45, 2.75) is 12.3 Å². The first-order chi connectivity index (χ1) is 16.1. The highest BCUT2D eigenvalue weighted by Gasteiger charge is 2.36. The number of fused-ring (bicyclic) bond motifs is 4. The van der Waals surface area contributed by atoms with Gasteiger partial charge < -0.3 is 10.1 Å². The van der Waals surface area contributed by atoms with Crippen molar-refractivity contribution in [3.05, 3.63) is 95.1 Å². The highest BCUT2D eigenvalue weighted by molar-refractivity contribution is 6.20. The van der Waals surface area contributed by atoms with Crippen LogP contribution in [0.2, 0.25) is 0 Å². The summed E-state index contributed by atoms with van der Waals surface area (Å²) in [6.07, 6.45) is -0.102. The van der Waals surface area contributed by atoms with Gasteiger partial charge in [0.25, 0.3) is 11.8 Å². The maximum atomic E-state index is 12.3. The molecule has 0 bridgehead atoms. The van der Waals surface area contributed by atoms with Gasteiger partial charge in [0.1, 0.15) is 6.61 Å². The first-order valence-corrected chi connectivity index (χ1v) is 10.8. The maximum Gasteiger partial charge on any atom is 0.407 e. The highest BCUT2D eigenvalue weighted by atomic mass is 16.7. The molecule has 5 rings (SSSR count). The zero-order chi connectivity index (χ0) is 22.8. The number of nitrogens with one attached hydrogen (secondary N) is 1. The first kappa shape index (κ1) is 20.9. The third-order valence-corrected chi connectivity index (χ3v) is 5.91. The highest BCUT2D eigenvalue weighted by Crippen LogP contribution is 2.44. The lowest BCUT2D eigenvalue weighted by molar-refractivity contribution is -0.0917. The quantitative estimate of drug-likeness (QED) is 0.439. The van der Waals surface area contributed by atoms with Gasteiger partial charge in [-0.1, -0.05) is 60.7 Å². The molecule has 1 heterocycles. The predicted octanol–water partition coefficient (Wildman–Crippen LogP) is 4.14. The maximum absolute atomic E-state index is 12.3. The Balaban J connectivity index is 1.08. The van der Waals surface area contributed by atoms with E-state index in [0.29, 0.717) is 24.1 Å². The summed E-state index contributed by atoms with van der Waals surface area (Å²) in [7, 11) is 0. The van der Waals surface area contributed by atoms with Crippen LogP contribution in [0.25, 0.3) is 11.1 Å². The molecule has 3 aromatic carbocycles. The molecule has 7 nitrogen and oxygen atoms in total. The van der Waals surface area contributed by atoms with Crippen molar-refractivity contribution in [3.8, 4) is 11.1 Å². The van der Waals surface area contributed by atoms with Crippen molar-refractivity contribution >= 4 is 17.9 Å². The molecule has 0 spiro atoms. The Kier molecular flexibility index (Phi) is 5.62. The van der Waals surface area contributed by atoms with E-state index in [1.165, 1.54) is 11.1 Å². The lowest BCUT2D eigenvalue weighted by Crippen LogP contribution is -2.32. The fourth-order valence-electron chi connectivity index (χ4n) is 4.35. The Morgan fingerprint density at radius 2 is 1.30 bits per heavy atom. The zero-order valence-corrected chi connectivity index (χ0v) is 17.8. The molecule has 1 aliphatic carbocycles. The number of carbonyl (C=O) groups is 3. The summed E-state index contributed by atoms with van der Waals surface area (Å²) in [5.74, 6) is -0.944. The van der Waals surface area contributed by atoms with Gasteiger partial charge in [-0.05, 0) is 40.8 Å². The van der Waals surface area contributed by atoms with Crippen LogP contribution in [-0.4, -0.2) is 42.7 Å². The van der Waals surface area contributed by atoms with Crippen LogP contribution in [0, 0.1) is 0 Å². The molecule has 166 valence electrons. The molecule has 0 atom stereocenters. The van der Waals surface area contributed by atoms with E-state index in [0.717, 1.165) is 16.2 Å². The molecule has 0 unspecified atom stereocenters. The van der Waals surface area contributed by atoms with Crippen molar-refractivity contribution < 1.29 is 24.0 Å².